The Morgan fingerprint density at radius 3 is 1.38 bits per heavy atom. The van der Waals surface area contributed by atoms with E-state index >= 15 is 0 Å². The van der Waals surface area contributed by atoms with Crippen molar-refractivity contribution in [2.24, 2.45) is 0 Å². The zero-order valence-corrected chi connectivity index (χ0v) is 26.8. The molecule has 1 atom stereocenters. The van der Waals surface area contributed by atoms with Gasteiger partial charge in [-0.1, -0.05) is 140 Å². The second-order valence-corrected chi connectivity index (χ2v) is 15.8. The minimum absolute atomic E-state index is 0.666. The summed E-state index contributed by atoms with van der Waals surface area (Å²) in [5.41, 5.74) is 3.68. The number of rotatable bonds is 7. The predicted octanol–water partition coefficient (Wildman–Crippen LogP) is 9.21. The molecule has 6 aromatic carbocycles. The molecule has 0 radical (unpaired) electrons. The average Bonchev–Trinajstić information content (AvgIpc) is 3.44. The normalized spacial score (nSPS) is 13.8. The molecule has 0 saturated carbocycles. The van der Waals surface area contributed by atoms with Gasteiger partial charge in [0.05, 0.1) is 11.0 Å². The Bertz CT molecular complexity index is 2110. The standard InChI is InChI=1S/C42H33NP2/c1-6-16-32(17-7-1)43-41-28-26-37(44(33-18-8-2-9-19-33)34-20-10-3-11-21-34)30-39(41)40-31-38(27-29-42(40)43)45(35-22-12-4-13-23-35)36-24-14-5-15-25-36/h1-4,6-14,16-31H,5,15H2. The summed E-state index contributed by atoms with van der Waals surface area (Å²) in [4.78, 5) is 0. The van der Waals surface area contributed by atoms with Gasteiger partial charge in [0.1, 0.15) is 0 Å². The predicted molar refractivity (Wildman–Crippen MR) is 199 cm³/mol. The van der Waals surface area contributed by atoms with Crippen LogP contribution < -0.4 is 26.5 Å². The van der Waals surface area contributed by atoms with E-state index in [0.29, 0.717) is 0 Å². The third-order valence-electron chi connectivity index (χ3n) is 8.54. The van der Waals surface area contributed by atoms with E-state index in [4.69, 9.17) is 0 Å². The van der Waals surface area contributed by atoms with E-state index in [0.717, 1.165) is 12.8 Å². The maximum atomic E-state index is 2.50. The number of allylic oxidation sites excluding steroid dienone is 4. The largest absolute Gasteiger partial charge is 0.309 e. The smallest absolute Gasteiger partial charge is 0.0541 e. The second kappa shape index (κ2) is 12.5. The van der Waals surface area contributed by atoms with Gasteiger partial charge in [-0.3, -0.25) is 0 Å². The molecular weight excluding hydrogens is 580 g/mol. The Kier molecular flexibility index (Phi) is 7.74. The summed E-state index contributed by atoms with van der Waals surface area (Å²) in [5.74, 6) is 0. The van der Waals surface area contributed by atoms with Crippen molar-refractivity contribution in [1.82, 2.24) is 4.57 Å². The Balaban J connectivity index is 1.38. The van der Waals surface area contributed by atoms with Crippen molar-refractivity contribution >= 4 is 64.2 Å². The van der Waals surface area contributed by atoms with Crippen molar-refractivity contribution in [2.45, 2.75) is 12.8 Å². The molecule has 8 rings (SSSR count). The van der Waals surface area contributed by atoms with Crippen molar-refractivity contribution in [2.75, 3.05) is 0 Å². The topological polar surface area (TPSA) is 4.93 Å². The summed E-state index contributed by atoms with van der Waals surface area (Å²) < 4.78 is 2.44. The van der Waals surface area contributed by atoms with Crippen LogP contribution in [0, 0.1) is 0 Å². The van der Waals surface area contributed by atoms with Gasteiger partial charge in [-0.05, 0) is 96.9 Å². The van der Waals surface area contributed by atoms with Crippen LogP contribution in [0.15, 0.2) is 181 Å². The maximum absolute atomic E-state index is 2.50. The first-order chi connectivity index (χ1) is 22.3. The van der Waals surface area contributed by atoms with Crippen molar-refractivity contribution in [1.29, 1.82) is 0 Å². The first-order valence-electron chi connectivity index (χ1n) is 15.6. The Morgan fingerprint density at radius 1 is 0.422 bits per heavy atom. The fourth-order valence-corrected chi connectivity index (χ4v) is 11.3. The highest BCUT2D eigenvalue weighted by Gasteiger charge is 2.22. The minimum atomic E-state index is -0.710. The fraction of sp³-hybridized carbons (Fsp3) is 0.0476. The van der Waals surface area contributed by atoms with E-state index in [1.807, 2.05) is 0 Å². The van der Waals surface area contributed by atoms with Crippen LogP contribution in [0.1, 0.15) is 12.8 Å². The molecule has 7 aromatic rings. The molecular formula is C42H33NP2. The molecule has 0 spiro atoms. The molecule has 3 heteroatoms. The number of hydrogen-bond donors (Lipinski definition) is 0. The van der Waals surface area contributed by atoms with Crippen LogP contribution in [0.4, 0.5) is 0 Å². The van der Waals surface area contributed by atoms with E-state index < -0.39 is 15.8 Å². The van der Waals surface area contributed by atoms with E-state index in [1.54, 1.807) is 0 Å². The number of aromatic nitrogens is 1. The molecule has 1 aromatic heterocycles. The minimum Gasteiger partial charge on any atom is -0.309 e. The van der Waals surface area contributed by atoms with Crippen LogP contribution in [0.5, 0.6) is 0 Å². The van der Waals surface area contributed by atoms with Gasteiger partial charge >= 0.3 is 0 Å². The van der Waals surface area contributed by atoms with Crippen LogP contribution in [-0.4, -0.2) is 4.57 Å². The molecule has 0 aliphatic heterocycles. The molecule has 1 aliphatic carbocycles. The van der Waals surface area contributed by atoms with Gasteiger partial charge in [-0.15, -0.1) is 0 Å². The van der Waals surface area contributed by atoms with Gasteiger partial charge in [-0.25, -0.2) is 0 Å². The van der Waals surface area contributed by atoms with E-state index in [1.165, 1.54) is 59.3 Å². The highest BCUT2D eigenvalue weighted by Crippen LogP contribution is 2.46. The summed E-state index contributed by atoms with van der Waals surface area (Å²) in [6, 6.07) is 58.4. The quantitative estimate of drug-likeness (QED) is 0.158. The Labute approximate surface area is 267 Å². The maximum Gasteiger partial charge on any atom is 0.0541 e. The van der Waals surface area contributed by atoms with E-state index in [-0.39, 0.29) is 0 Å². The van der Waals surface area contributed by atoms with Crippen molar-refractivity contribution < 1.29 is 0 Å². The van der Waals surface area contributed by atoms with Crippen molar-refractivity contribution in [3.63, 3.8) is 0 Å². The third-order valence-corrected chi connectivity index (χ3v) is 13.4. The van der Waals surface area contributed by atoms with Crippen molar-refractivity contribution in [3.8, 4) is 5.69 Å². The summed E-state index contributed by atoms with van der Waals surface area (Å²) >= 11 is 0. The van der Waals surface area contributed by atoms with Gasteiger partial charge in [0.2, 0.25) is 0 Å². The van der Waals surface area contributed by atoms with Gasteiger partial charge in [0.15, 0.2) is 0 Å². The lowest BCUT2D eigenvalue weighted by Gasteiger charge is -2.22. The molecule has 1 aliphatic rings. The molecule has 0 saturated heterocycles. The van der Waals surface area contributed by atoms with E-state index in [2.05, 4.69) is 181 Å². The fourth-order valence-electron chi connectivity index (χ4n) is 6.52. The number of benzene rings is 6. The lowest BCUT2D eigenvalue weighted by Crippen LogP contribution is -2.20. The summed E-state index contributed by atoms with van der Waals surface area (Å²) in [5, 5.41) is 11.0. The summed E-state index contributed by atoms with van der Waals surface area (Å²) in [7, 11) is -1.38. The molecule has 45 heavy (non-hydrogen) atoms. The van der Waals surface area contributed by atoms with Gasteiger partial charge in [0, 0.05) is 16.5 Å². The van der Waals surface area contributed by atoms with Gasteiger partial charge in [-0.2, -0.15) is 0 Å². The van der Waals surface area contributed by atoms with Gasteiger partial charge < -0.3 is 4.57 Å². The van der Waals surface area contributed by atoms with Crippen LogP contribution in [-0.2, 0) is 0 Å². The molecule has 216 valence electrons. The first-order valence-corrected chi connectivity index (χ1v) is 18.3. The number of para-hydroxylation sites is 1. The molecule has 0 N–H and O–H groups in total. The zero-order chi connectivity index (χ0) is 30.0. The number of hydrogen-bond acceptors (Lipinski definition) is 0. The Hall–Kier alpha value is -4.54. The monoisotopic (exact) mass is 613 g/mol. The van der Waals surface area contributed by atoms with Crippen LogP contribution in [0.25, 0.3) is 27.5 Å². The number of fused-ring (bicyclic) bond motifs is 3. The first kappa shape index (κ1) is 28.0. The van der Waals surface area contributed by atoms with Crippen LogP contribution >= 0.6 is 15.8 Å². The van der Waals surface area contributed by atoms with Crippen LogP contribution in [0.3, 0.4) is 0 Å². The molecule has 0 amide bonds. The summed E-state index contributed by atoms with van der Waals surface area (Å²) in [6.07, 6.45) is 9.40. The SMILES string of the molecule is C1=CC(P(c2ccccc2)c2ccc3c(c2)c2cc(P(c4ccccc4)c4ccccc4)ccc2n3-c2ccccc2)=CCC1. The summed E-state index contributed by atoms with van der Waals surface area (Å²) in [6.45, 7) is 0. The third kappa shape index (κ3) is 5.38. The van der Waals surface area contributed by atoms with E-state index in [9.17, 15) is 0 Å². The lowest BCUT2D eigenvalue weighted by atomic mass is 10.1. The molecule has 1 nitrogen and oxygen atoms in total. The van der Waals surface area contributed by atoms with Gasteiger partial charge in [0.25, 0.3) is 0 Å². The molecule has 0 fully saturated rings. The van der Waals surface area contributed by atoms with Crippen LogP contribution in [0.2, 0.25) is 0 Å². The zero-order valence-electron chi connectivity index (χ0n) is 25.0. The lowest BCUT2D eigenvalue weighted by molar-refractivity contribution is 1.03. The highest BCUT2D eigenvalue weighted by molar-refractivity contribution is 7.79. The molecule has 1 heterocycles. The Morgan fingerprint density at radius 2 is 0.889 bits per heavy atom. The molecule has 1 unspecified atom stereocenters. The molecule has 0 bridgehead atoms. The average molecular weight is 614 g/mol. The van der Waals surface area contributed by atoms with Crippen molar-refractivity contribution in [3.05, 3.63) is 181 Å². The second-order valence-electron chi connectivity index (χ2n) is 11.4. The number of nitrogens with zero attached hydrogens (tertiary/aromatic N) is 1. The highest BCUT2D eigenvalue weighted by atomic mass is 31.1.